The number of aryl methyl sites for hydroxylation is 1. The Morgan fingerprint density at radius 2 is 1.83 bits per heavy atom. The lowest BCUT2D eigenvalue weighted by Crippen LogP contribution is -1.94. The first kappa shape index (κ1) is 12.8. The minimum atomic E-state index is 0.479. The van der Waals surface area contributed by atoms with Gasteiger partial charge < -0.3 is 5.32 Å². The highest BCUT2D eigenvalue weighted by Crippen LogP contribution is 2.28. The average molecular weight is 277 g/mol. The highest BCUT2D eigenvalue weighted by Gasteiger charge is 2.04. The van der Waals surface area contributed by atoms with Crippen LogP contribution in [0.25, 0.3) is 0 Å². The van der Waals surface area contributed by atoms with Gasteiger partial charge in [0, 0.05) is 5.69 Å². The van der Waals surface area contributed by atoms with Gasteiger partial charge in [0.05, 0.1) is 21.3 Å². The second kappa shape index (κ2) is 5.30. The number of rotatable bonds is 2. The largest absolute Gasteiger partial charge is 0.354 e. The first-order valence-corrected chi connectivity index (χ1v) is 6.08. The van der Waals surface area contributed by atoms with Crippen molar-refractivity contribution in [1.82, 2.24) is 0 Å². The molecule has 0 aliphatic rings. The van der Waals surface area contributed by atoms with Gasteiger partial charge in [-0.3, -0.25) is 0 Å². The first-order valence-electron chi connectivity index (χ1n) is 5.33. The molecule has 0 bridgehead atoms. The van der Waals surface area contributed by atoms with Crippen LogP contribution >= 0.6 is 23.2 Å². The maximum absolute atomic E-state index is 9.05. The number of anilines is 2. The lowest BCUT2D eigenvalue weighted by atomic mass is 10.1. The van der Waals surface area contributed by atoms with E-state index in [0.717, 1.165) is 16.9 Å². The van der Waals surface area contributed by atoms with E-state index in [1.54, 1.807) is 18.2 Å². The van der Waals surface area contributed by atoms with Gasteiger partial charge in [0.15, 0.2) is 0 Å². The van der Waals surface area contributed by atoms with Gasteiger partial charge in [-0.25, -0.2) is 0 Å². The summed E-state index contributed by atoms with van der Waals surface area (Å²) in [7, 11) is 0. The Hall–Kier alpha value is -1.69. The topological polar surface area (TPSA) is 35.8 Å². The van der Waals surface area contributed by atoms with Gasteiger partial charge in [-0.1, -0.05) is 29.3 Å². The second-order valence-corrected chi connectivity index (χ2v) is 4.73. The van der Waals surface area contributed by atoms with Crippen molar-refractivity contribution in [3.63, 3.8) is 0 Å². The summed E-state index contributed by atoms with van der Waals surface area (Å²) in [5.41, 5.74) is 3.23. The van der Waals surface area contributed by atoms with E-state index in [4.69, 9.17) is 28.5 Å². The van der Waals surface area contributed by atoms with E-state index in [0.29, 0.717) is 15.6 Å². The molecule has 90 valence electrons. The van der Waals surface area contributed by atoms with Crippen molar-refractivity contribution in [2.24, 2.45) is 0 Å². The molecule has 0 atom stereocenters. The summed E-state index contributed by atoms with van der Waals surface area (Å²) < 4.78 is 0. The quantitative estimate of drug-likeness (QED) is 0.845. The molecule has 1 N–H and O–H groups in total. The zero-order valence-electron chi connectivity index (χ0n) is 9.67. The highest BCUT2D eigenvalue weighted by molar-refractivity contribution is 6.42. The van der Waals surface area contributed by atoms with Crippen molar-refractivity contribution in [3.8, 4) is 6.07 Å². The number of benzene rings is 2. The standard InChI is InChI=1S/C14H10Cl2N2/c1-9-2-3-10(8-17)14(6-9)18-11-4-5-12(15)13(16)7-11/h2-7,18H,1H3. The Morgan fingerprint density at radius 3 is 2.50 bits per heavy atom. The first-order chi connectivity index (χ1) is 8.60. The molecule has 0 heterocycles. The fourth-order valence-corrected chi connectivity index (χ4v) is 1.89. The number of halogens is 2. The molecular weight excluding hydrogens is 267 g/mol. The van der Waals surface area contributed by atoms with Crippen LogP contribution < -0.4 is 5.32 Å². The van der Waals surface area contributed by atoms with Gasteiger partial charge in [-0.2, -0.15) is 5.26 Å². The van der Waals surface area contributed by atoms with Crippen LogP contribution in [0, 0.1) is 18.3 Å². The monoisotopic (exact) mass is 276 g/mol. The number of nitrogens with one attached hydrogen (secondary N) is 1. The van der Waals surface area contributed by atoms with E-state index < -0.39 is 0 Å². The lowest BCUT2D eigenvalue weighted by molar-refractivity contribution is 1.41. The van der Waals surface area contributed by atoms with Gasteiger partial charge in [0.1, 0.15) is 6.07 Å². The normalized spacial score (nSPS) is 9.89. The van der Waals surface area contributed by atoms with E-state index in [1.807, 2.05) is 25.1 Å². The summed E-state index contributed by atoms with van der Waals surface area (Å²) in [6.07, 6.45) is 0. The molecule has 2 nitrogen and oxygen atoms in total. The molecule has 0 amide bonds. The summed E-state index contributed by atoms with van der Waals surface area (Å²) in [5, 5.41) is 13.2. The third kappa shape index (κ3) is 2.76. The summed E-state index contributed by atoms with van der Waals surface area (Å²) >= 11 is 11.8. The highest BCUT2D eigenvalue weighted by atomic mass is 35.5. The number of nitriles is 1. The van der Waals surface area contributed by atoms with Crippen LogP contribution in [-0.4, -0.2) is 0 Å². The minimum Gasteiger partial charge on any atom is -0.354 e. The molecule has 0 fully saturated rings. The zero-order valence-corrected chi connectivity index (χ0v) is 11.2. The Labute approximate surface area is 116 Å². The van der Waals surface area contributed by atoms with Crippen LogP contribution in [0.2, 0.25) is 10.0 Å². The Kier molecular flexibility index (Phi) is 3.76. The van der Waals surface area contributed by atoms with Crippen molar-refractivity contribution in [1.29, 1.82) is 5.26 Å². The molecule has 2 rings (SSSR count). The maximum atomic E-state index is 9.05. The van der Waals surface area contributed by atoms with Crippen molar-refractivity contribution >= 4 is 34.6 Å². The van der Waals surface area contributed by atoms with E-state index in [1.165, 1.54) is 0 Å². The van der Waals surface area contributed by atoms with Gasteiger partial charge in [-0.05, 0) is 42.8 Å². The van der Waals surface area contributed by atoms with Crippen molar-refractivity contribution in [2.75, 3.05) is 5.32 Å². The SMILES string of the molecule is Cc1ccc(C#N)c(Nc2ccc(Cl)c(Cl)c2)c1. The molecule has 0 saturated carbocycles. The number of hydrogen-bond donors (Lipinski definition) is 1. The third-order valence-electron chi connectivity index (χ3n) is 2.49. The molecule has 0 unspecified atom stereocenters. The van der Waals surface area contributed by atoms with E-state index in [2.05, 4.69) is 11.4 Å². The van der Waals surface area contributed by atoms with E-state index in [9.17, 15) is 0 Å². The van der Waals surface area contributed by atoms with Gasteiger partial charge in [0.25, 0.3) is 0 Å². The zero-order chi connectivity index (χ0) is 13.1. The molecule has 2 aromatic rings. The molecule has 0 aliphatic carbocycles. The number of hydrogen-bond acceptors (Lipinski definition) is 2. The molecule has 0 saturated heterocycles. The van der Waals surface area contributed by atoms with Crippen LogP contribution in [0.3, 0.4) is 0 Å². The summed E-state index contributed by atoms with van der Waals surface area (Å²) in [4.78, 5) is 0. The van der Waals surface area contributed by atoms with Crippen molar-refractivity contribution in [2.45, 2.75) is 6.92 Å². The predicted molar refractivity (Wildman–Crippen MR) is 75.6 cm³/mol. The second-order valence-electron chi connectivity index (χ2n) is 3.91. The predicted octanol–water partition coefficient (Wildman–Crippen LogP) is 4.92. The van der Waals surface area contributed by atoms with Crippen LogP contribution in [0.5, 0.6) is 0 Å². The van der Waals surface area contributed by atoms with Crippen LogP contribution in [-0.2, 0) is 0 Å². The Bertz CT molecular complexity index is 630. The molecule has 18 heavy (non-hydrogen) atoms. The fourth-order valence-electron chi connectivity index (χ4n) is 1.59. The van der Waals surface area contributed by atoms with Crippen LogP contribution in [0.4, 0.5) is 11.4 Å². The van der Waals surface area contributed by atoms with Gasteiger partial charge >= 0.3 is 0 Å². The number of nitrogens with zero attached hydrogens (tertiary/aromatic N) is 1. The summed E-state index contributed by atoms with van der Waals surface area (Å²) in [6, 6.07) is 13.0. The molecule has 0 aliphatic heterocycles. The molecule has 2 aromatic carbocycles. The van der Waals surface area contributed by atoms with Crippen LogP contribution in [0.1, 0.15) is 11.1 Å². The smallest absolute Gasteiger partial charge is 0.101 e. The Morgan fingerprint density at radius 1 is 1.06 bits per heavy atom. The molecule has 0 radical (unpaired) electrons. The molecule has 4 heteroatoms. The average Bonchev–Trinajstić information content (AvgIpc) is 2.34. The van der Waals surface area contributed by atoms with Gasteiger partial charge in [0.2, 0.25) is 0 Å². The van der Waals surface area contributed by atoms with Crippen molar-refractivity contribution in [3.05, 3.63) is 57.6 Å². The summed E-state index contributed by atoms with van der Waals surface area (Å²) in [5.74, 6) is 0. The van der Waals surface area contributed by atoms with E-state index >= 15 is 0 Å². The molecular formula is C14H10Cl2N2. The van der Waals surface area contributed by atoms with Crippen molar-refractivity contribution < 1.29 is 0 Å². The third-order valence-corrected chi connectivity index (χ3v) is 3.23. The molecule has 0 spiro atoms. The van der Waals surface area contributed by atoms with E-state index in [-0.39, 0.29) is 0 Å². The van der Waals surface area contributed by atoms with Gasteiger partial charge in [-0.15, -0.1) is 0 Å². The minimum absolute atomic E-state index is 0.479. The fraction of sp³-hybridized carbons (Fsp3) is 0.0714. The lowest BCUT2D eigenvalue weighted by Gasteiger charge is -2.10. The van der Waals surface area contributed by atoms with Crippen LogP contribution in [0.15, 0.2) is 36.4 Å². The summed E-state index contributed by atoms with van der Waals surface area (Å²) in [6.45, 7) is 1.97. The maximum Gasteiger partial charge on any atom is 0.101 e. The Balaban J connectivity index is 2.36. The molecule has 0 aromatic heterocycles.